The van der Waals surface area contributed by atoms with Crippen LogP contribution in [0.25, 0.3) is 0 Å². The van der Waals surface area contributed by atoms with E-state index in [0.29, 0.717) is 6.61 Å². The third-order valence-corrected chi connectivity index (χ3v) is 3.70. The molecule has 1 aliphatic carbocycles. The van der Waals surface area contributed by atoms with Crippen LogP contribution in [0.2, 0.25) is 0 Å². The number of ether oxygens (including phenoxy) is 3. The largest absolute Gasteiger partial charge is 0.468 e. The lowest BCUT2D eigenvalue weighted by molar-refractivity contribution is -0.211. The molecule has 7 heteroatoms. The molecular weight excluding hydrogens is 276 g/mol. The van der Waals surface area contributed by atoms with Crippen molar-refractivity contribution in [3.63, 3.8) is 0 Å². The second-order valence-corrected chi connectivity index (χ2v) is 5.34. The van der Waals surface area contributed by atoms with Gasteiger partial charge in [-0.25, -0.2) is 0 Å². The van der Waals surface area contributed by atoms with Crippen molar-refractivity contribution in [2.75, 3.05) is 20.8 Å². The molecule has 21 heavy (non-hydrogen) atoms. The van der Waals surface area contributed by atoms with Crippen molar-refractivity contribution in [1.29, 1.82) is 10.5 Å². The number of nitrogens with zero attached hydrogens (tertiary/aromatic N) is 2. The Bertz CT molecular complexity index is 484. The average Bonchev–Trinajstić information content (AvgIpc) is 2.46. The molecule has 0 aromatic carbocycles. The number of hydrogen-bond donors (Lipinski definition) is 0. The van der Waals surface area contributed by atoms with Crippen LogP contribution < -0.4 is 0 Å². The molecule has 0 saturated heterocycles. The highest BCUT2D eigenvalue weighted by Crippen LogP contribution is 2.59. The number of hydrogen-bond acceptors (Lipinski definition) is 7. The summed E-state index contributed by atoms with van der Waals surface area (Å²) in [4.78, 5) is 24.1. The highest BCUT2D eigenvalue weighted by atomic mass is 16.5. The molecule has 1 saturated carbocycles. The first-order valence-electron chi connectivity index (χ1n) is 6.47. The molecule has 114 valence electrons. The first-order chi connectivity index (χ1) is 9.86. The first-order valence-corrected chi connectivity index (χ1v) is 6.47. The summed E-state index contributed by atoms with van der Waals surface area (Å²) in [6.07, 6.45) is -0.951. The highest BCUT2D eigenvalue weighted by Gasteiger charge is 2.78. The standard InChI is InChI=1S/C14H18N2O5/c1-9(2)6-21-10-5-14(11(17)19-3,12(18)20-4)13(10,7-15)8-16/h9-10H,5-6H2,1-4H3. The zero-order valence-corrected chi connectivity index (χ0v) is 12.5. The summed E-state index contributed by atoms with van der Waals surface area (Å²) in [6, 6.07) is 3.54. The minimum Gasteiger partial charge on any atom is -0.468 e. The van der Waals surface area contributed by atoms with E-state index >= 15 is 0 Å². The second kappa shape index (κ2) is 6.11. The summed E-state index contributed by atoms with van der Waals surface area (Å²) in [5.74, 6) is -1.73. The lowest BCUT2D eigenvalue weighted by Gasteiger charge is -2.51. The maximum Gasteiger partial charge on any atom is 0.326 e. The van der Waals surface area contributed by atoms with Crippen LogP contribution in [-0.2, 0) is 23.8 Å². The van der Waals surface area contributed by atoms with Gasteiger partial charge in [-0.2, -0.15) is 10.5 Å². The van der Waals surface area contributed by atoms with E-state index in [0.717, 1.165) is 14.2 Å². The second-order valence-electron chi connectivity index (χ2n) is 5.34. The van der Waals surface area contributed by atoms with Crippen LogP contribution in [0.5, 0.6) is 0 Å². The predicted octanol–water partition coefficient (Wildman–Crippen LogP) is 0.797. The van der Waals surface area contributed by atoms with Crippen molar-refractivity contribution in [1.82, 2.24) is 0 Å². The summed E-state index contributed by atoms with van der Waals surface area (Å²) in [5.41, 5.74) is -3.90. The van der Waals surface area contributed by atoms with Gasteiger partial charge in [0.25, 0.3) is 0 Å². The molecule has 1 atom stereocenters. The lowest BCUT2D eigenvalue weighted by atomic mass is 9.48. The van der Waals surface area contributed by atoms with Gasteiger partial charge in [0.05, 0.1) is 32.5 Å². The molecule has 1 fully saturated rings. The molecule has 1 rings (SSSR count). The highest BCUT2D eigenvalue weighted by molar-refractivity contribution is 6.04. The van der Waals surface area contributed by atoms with Crippen molar-refractivity contribution in [2.24, 2.45) is 16.7 Å². The molecule has 0 radical (unpaired) electrons. The minimum atomic E-state index is -1.96. The zero-order valence-electron chi connectivity index (χ0n) is 12.5. The molecule has 1 unspecified atom stereocenters. The number of nitriles is 2. The van der Waals surface area contributed by atoms with E-state index in [1.807, 2.05) is 13.8 Å². The Labute approximate surface area is 123 Å². The first kappa shape index (κ1) is 16.9. The van der Waals surface area contributed by atoms with Gasteiger partial charge in [0.15, 0.2) is 5.41 Å². The molecule has 0 aromatic heterocycles. The van der Waals surface area contributed by atoms with Gasteiger partial charge in [0.2, 0.25) is 5.41 Å². The SMILES string of the molecule is COC(=O)C1(C(=O)OC)CC(OCC(C)C)C1(C#N)C#N. The Morgan fingerprint density at radius 3 is 2.00 bits per heavy atom. The quantitative estimate of drug-likeness (QED) is 0.544. The molecule has 0 N–H and O–H groups in total. The van der Waals surface area contributed by atoms with Crippen LogP contribution in [0.4, 0.5) is 0 Å². The maximum atomic E-state index is 12.1. The topological polar surface area (TPSA) is 109 Å². The molecular formula is C14H18N2O5. The van der Waals surface area contributed by atoms with Gasteiger partial charge in [-0.1, -0.05) is 13.8 Å². The zero-order chi connectivity index (χ0) is 16.3. The van der Waals surface area contributed by atoms with Crippen molar-refractivity contribution < 1.29 is 23.8 Å². The number of carbonyl (C=O) groups is 2. The Balaban J connectivity index is 3.24. The van der Waals surface area contributed by atoms with Gasteiger partial charge in [0.1, 0.15) is 0 Å². The van der Waals surface area contributed by atoms with E-state index in [-0.39, 0.29) is 12.3 Å². The number of methoxy groups -OCH3 is 2. The van der Waals surface area contributed by atoms with Gasteiger partial charge in [-0.15, -0.1) is 0 Å². The van der Waals surface area contributed by atoms with E-state index in [1.54, 1.807) is 12.1 Å². The molecule has 7 nitrogen and oxygen atoms in total. The van der Waals surface area contributed by atoms with Gasteiger partial charge >= 0.3 is 11.9 Å². The minimum absolute atomic E-state index is 0.111. The van der Waals surface area contributed by atoms with Crippen LogP contribution in [0.15, 0.2) is 0 Å². The van der Waals surface area contributed by atoms with Gasteiger partial charge < -0.3 is 14.2 Å². The number of carbonyl (C=O) groups excluding carboxylic acids is 2. The Morgan fingerprint density at radius 2 is 1.67 bits per heavy atom. The van der Waals surface area contributed by atoms with Crippen LogP contribution in [0.3, 0.4) is 0 Å². The fourth-order valence-electron chi connectivity index (χ4n) is 2.51. The third-order valence-electron chi connectivity index (χ3n) is 3.70. The summed E-state index contributed by atoms with van der Waals surface area (Å²) in [6.45, 7) is 4.13. The van der Waals surface area contributed by atoms with Crippen molar-refractivity contribution in [2.45, 2.75) is 26.4 Å². The van der Waals surface area contributed by atoms with E-state index in [1.165, 1.54) is 0 Å². The van der Waals surface area contributed by atoms with Crippen molar-refractivity contribution >= 4 is 11.9 Å². The monoisotopic (exact) mass is 294 g/mol. The van der Waals surface area contributed by atoms with E-state index in [4.69, 9.17) is 4.74 Å². The third kappa shape index (κ3) is 2.24. The van der Waals surface area contributed by atoms with Crippen LogP contribution in [-0.4, -0.2) is 38.9 Å². The Kier molecular flexibility index (Phi) is 4.93. The van der Waals surface area contributed by atoms with Gasteiger partial charge in [0, 0.05) is 13.0 Å². The van der Waals surface area contributed by atoms with E-state index < -0.39 is 28.9 Å². The molecule has 0 heterocycles. The number of rotatable bonds is 5. The van der Waals surface area contributed by atoms with Crippen LogP contribution in [0.1, 0.15) is 20.3 Å². The van der Waals surface area contributed by atoms with E-state index in [2.05, 4.69) is 9.47 Å². The Hall–Kier alpha value is -2.12. The van der Waals surface area contributed by atoms with Crippen molar-refractivity contribution in [3.05, 3.63) is 0 Å². The molecule has 0 aliphatic heterocycles. The van der Waals surface area contributed by atoms with Gasteiger partial charge in [-0.3, -0.25) is 9.59 Å². The van der Waals surface area contributed by atoms with Crippen molar-refractivity contribution in [3.8, 4) is 12.1 Å². The fraction of sp³-hybridized carbons (Fsp3) is 0.714. The molecule has 0 amide bonds. The van der Waals surface area contributed by atoms with Gasteiger partial charge in [-0.05, 0) is 5.92 Å². The maximum absolute atomic E-state index is 12.1. The summed E-state index contributed by atoms with van der Waals surface area (Å²) < 4.78 is 14.8. The normalized spacial score (nSPS) is 21.6. The molecule has 0 spiro atoms. The number of esters is 2. The summed E-state index contributed by atoms with van der Waals surface area (Å²) >= 11 is 0. The smallest absolute Gasteiger partial charge is 0.326 e. The molecule has 1 aliphatic rings. The fourth-order valence-corrected chi connectivity index (χ4v) is 2.51. The summed E-state index contributed by atoms with van der Waals surface area (Å²) in [7, 11) is 2.18. The lowest BCUT2D eigenvalue weighted by Crippen LogP contribution is -2.69. The van der Waals surface area contributed by atoms with E-state index in [9.17, 15) is 20.1 Å². The summed E-state index contributed by atoms with van der Waals surface area (Å²) in [5, 5.41) is 18.9. The predicted molar refractivity (Wildman–Crippen MR) is 69.3 cm³/mol. The van der Waals surface area contributed by atoms with Crippen LogP contribution >= 0.6 is 0 Å². The van der Waals surface area contributed by atoms with Crippen LogP contribution in [0, 0.1) is 39.4 Å². The Morgan fingerprint density at radius 1 is 1.19 bits per heavy atom. The molecule has 0 aromatic rings. The molecule has 0 bridgehead atoms. The average molecular weight is 294 g/mol.